The van der Waals surface area contributed by atoms with Crippen LogP contribution in [0.5, 0.6) is 0 Å². The molecule has 1 amide bonds. The number of pyridine rings is 1. The van der Waals surface area contributed by atoms with Crippen LogP contribution in [0.4, 0.5) is 5.13 Å². The summed E-state index contributed by atoms with van der Waals surface area (Å²) < 4.78 is 0. The van der Waals surface area contributed by atoms with Crippen LogP contribution in [0.25, 0.3) is 0 Å². The topological polar surface area (TPSA) is 88.1 Å². The Morgan fingerprint density at radius 1 is 1.35 bits per heavy atom. The van der Waals surface area contributed by atoms with Crippen LogP contribution in [-0.4, -0.2) is 51.4 Å². The lowest BCUT2D eigenvalue weighted by Crippen LogP contribution is -2.42. The Hall–Kier alpha value is -2.19. The zero-order valence-corrected chi connectivity index (χ0v) is 15.7. The minimum Gasteiger partial charge on any atom is -0.299 e. The number of Topliss-reactive ketones (excluding diaryl/α,β-unsaturated/α-hetero) is 1. The predicted molar refractivity (Wildman–Crippen MR) is 100 cm³/mol. The fraction of sp³-hybridized carbons (Fsp3) is 0.500. The van der Waals surface area contributed by atoms with Gasteiger partial charge in [0.1, 0.15) is 10.7 Å². The Labute approximate surface area is 156 Å². The van der Waals surface area contributed by atoms with Crippen molar-refractivity contribution in [3.05, 3.63) is 35.1 Å². The van der Waals surface area contributed by atoms with Crippen LogP contribution in [0.15, 0.2) is 24.4 Å². The number of hydrogen-bond acceptors (Lipinski definition) is 7. The summed E-state index contributed by atoms with van der Waals surface area (Å²) in [5.41, 5.74) is 0.501. The fourth-order valence-corrected chi connectivity index (χ4v) is 3.97. The minimum absolute atomic E-state index is 0.0593. The standard InChI is InChI=1S/C18H23N5O2S/c1-2-6-16-21-22-18(26-16)20-15(24)12-23-10-5-7-13(11-23)17(25)14-8-3-4-9-19-14/h3-4,8-9,13H,2,5-7,10-12H2,1H3,(H,20,22,24). The van der Waals surface area contributed by atoms with E-state index in [4.69, 9.17) is 0 Å². The summed E-state index contributed by atoms with van der Waals surface area (Å²) in [6.07, 6.45) is 5.25. The van der Waals surface area contributed by atoms with Crippen LogP contribution in [0.2, 0.25) is 0 Å². The molecule has 1 atom stereocenters. The third kappa shape index (κ3) is 4.92. The zero-order valence-electron chi connectivity index (χ0n) is 14.9. The molecule has 2 aromatic heterocycles. The van der Waals surface area contributed by atoms with Crippen LogP contribution in [0.3, 0.4) is 0 Å². The Kier molecular flexibility index (Phi) is 6.40. The third-order valence-corrected chi connectivity index (χ3v) is 5.24. The van der Waals surface area contributed by atoms with Crippen LogP contribution in [-0.2, 0) is 11.2 Å². The zero-order chi connectivity index (χ0) is 18.4. The number of hydrogen-bond donors (Lipinski definition) is 1. The number of anilines is 1. The van der Waals surface area contributed by atoms with Crippen molar-refractivity contribution >= 4 is 28.2 Å². The molecular formula is C18H23N5O2S. The van der Waals surface area contributed by atoms with Gasteiger partial charge < -0.3 is 0 Å². The molecule has 1 aliphatic heterocycles. The molecule has 0 radical (unpaired) electrons. The molecule has 0 bridgehead atoms. The van der Waals surface area contributed by atoms with E-state index < -0.39 is 0 Å². The summed E-state index contributed by atoms with van der Waals surface area (Å²) >= 11 is 1.42. The lowest BCUT2D eigenvalue weighted by atomic mass is 9.92. The van der Waals surface area contributed by atoms with Crippen LogP contribution in [0.1, 0.15) is 41.7 Å². The molecule has 0 spiro atoms. The number of carbonyl (C=O) groups excluding carboxylic acids is 2. The molecule has 26 heavy (non-hydrogen) atoms. The highest BCUT2D eigenvalue weighted by Gasteiger charge is 2.28. The first kappa shape index (κ1) is 18.6. The Balaban J connectivity index is 1.52. The molecule has 1 aliphatic rings. The predicted octanol–water partition coefficient (Wildman–Crippen LogP) is 2.42. The molecule has 1 saturated heterocycles. The number of carbonyl (C=O) groups is 2. The average molecular weight is 373 g/mol. The first-order valence-corrected chi connectivity index (χ1v) is 9.77. The lowest BCUT2D eigenvalue weighted by Gasteiger charge is -2.31. The summed E-state index contributed by atoms with van der Waals surface area (Å²) in [5, 5.41) is 12.4. The van der Waals surface area contributed by atoms with Crippen molar-refractivity contribution < 1.29 is 9.59 Å². The van der Waals surface area contributed by atoms with Crippen molar-refractivity contribution in [2.45, 2.75) is 32.6 Å². The van der Waals surface area contributed by atoms with Crippen LogP contribution >= 0.6 is 11.3 Å². The largest absolute Gasteiger partial charge is 0.299 e. The quantitative estimate of drug-likeness (QED) is 0.750. The van der Waals surface area contributed by atoms with Crippen molar-refractivity contribution in [3.8, 4) is 0 Å². The molecule has 1 unspecified atom stereocenters. The number of rotatable bonds is 7. The van der Waals surface area contributed by atoms with E-state index in [1.54, 1.807) is 18.3 Å². The molecule has 8 heteroatoms. The molecule has 3 rings (SSSR count). The van der Waals surface area contributed by atoms with E-state index in [1.807, 2.05) is 11.0 Å². The second-order valence-electron chi connectivity index (χ2n) is 6.45. The SMILES string of the molecule is CCCc1nnc(NC(=O)CN2CCCC(C(=O)c3ccccn3)C2)s1. The summed E-state index contributed by atoms with van der Waals surface area (Å²) in [4.78, 5) is 31.0. The van der Waals surface area contributed by atoms with Crippen LogP contribution in [0, 0.1) is 5.92 Å². The highest BCUT2D eigenvalue weighted by Crippen LogP contribution is 2.21. The highest BCUT2D eigenvalue weighted by atomic mass is 32.1. The Morgan fingerprint density at radius 3 is 3.00 bits per heavy atom. The second-order valence-corrected chi connectivity index (χ2v) is 7.51. The minimum atomic E-state index is -0.116. The average Bonchev–Trinajstić information content (AvgIpc) is 3.09. The normalized spacial score (nSPS) is 17.8. The molecular weight excluding hydrogens is 350 g/mol. The van der Waals surface area contributed by atoms with Crippen LogP contribution < -0.4 is 5.32 Å². The van der Waals surface area contributed by atoms with Gasteiger partial charge in [-0.2, -0.15) is 0 Å². The monoisotopic (exact) mass is 373 g/mol. The molecule has 0 saturated carbocycles. The van der Waals surface area contributed by atoms with Gasteiger partial charge in [0.2, 0.25) is 11.0 Å². The summed E-state index contributed by atoms with van der Waals surface area (Å²) in [6.45, 7) is 3.74. The van der Waals surface area contributed by atoms with E-state index in [9.17, 15) is 9.59 Å². The fourth-order valence-electron chi connectivity index (χ4n) is 3.11. The third-order valence-electron chi connectivity index (χ3n) is 4.34. The number of nitrogens with zero attached hydrogens (tertiary/aromatic N) is 4. The van der Waals surface area contributed by atoms with E-state index in [1.165, 1.54) is 11.3 Å². The van der Waals surface area contributed by atoms with Gasteiger partial charge in [0.05, 0.1) is 6.54 Å². The molecule has 0 aliphatic carbocycles. The number of aryl methyl sites for hydroxylation is 1. The first-order chi connectivity index (χ1) is 12.7. The number of likely N-dealkylation sites (tertiary alicyclic amines) is 1. The van der Waals surface area contributed by atoms with Gasteiger partial charge >= 0.3 is 0 Å². The number of ketones is 1. The van der Waals surface area contributed by atoms with Gasteiger partial charge in [0.25, 0.3) is 0 Å². The van der Waals surface area contributed by atoms with Crippen molar-refractivity contribution in [2.75, 3.05) is 25.0 Å². The van der Waals surface area contributed by atoms with Gasteiger partial charge in [-0.05, 0) is 37.9 Å². The molecule has 7 nitrogen and oxygen atoms in total. The number of nitrogens with one attached hydrogen (secondary N) is 1. The molecule has 138 valence electrons. The Bertz CT molecular complexity index is 749. The molecule has 0 aromatic carbocycles. The van der Waals surface area contributed by atoms with Gasteiger partial charge in [0.15, 0.2) is 5.78 Å². The van der Waals surface area contributed by atoms with Gasteiger partial charge in [-0.15, -0.1) is 10.2 Å². The molecule has 1 fully saturated rings. The molecule has 1 N–H and O–H groups in total. The maximum Gasteiger partial charge on any atom is 0.240 e. The summed E-state index contributed by atoms with van der Waals surface area (Å²) in [5.74, 6) is -0.164. The van der Waals surface area contributed by atoms with E-state index in [0.29, 0.717) is 17.4 Å². The number of amides is 1. The molecule has 3 heterocycles. The smallest absolute Gasteiger partial charge is 0.240 e. The van der Waals surface area contributed by atoms with Gasteiger partial charge in [-0.3, -0.25) is 24.8 Å². The Morgan fingerprint density at radius 2 is 2.23 bits per heavy atom. The van der Waals surface area contributed by atoms with Gasteiger partial charge in [-0.1, -0.05) is 24.3 Å². The van der Waals surface area contributed by atoms with E-state index >= 15 is 0 Å². The van der Waals surface area contributed by atoms with Gasteiger partial charge in [0, 0.05) is 25.1 Å². The maximum atomic E-state index is 12.6. The highest BCUT2D eigenvalue weighted by molar-refractivity contribution is 7.15. The van der Waals surface area contributed by atoms with Crippen molar-refractivity contribution in [3.63, 3.8) is 0 Å². The van der Waals surface area contributed by atoms with Gasteiger partial charge in [-0.25, -0.2) is 0 Å². The summed E-state index contributed by atoms with van der Waals surface area (Å²) in [7, 11) is 0. The van der Waals surface area contributed by atoms with Crippen molar-refractivity contribution in [1.29, 1.82) is 0 Å². The van der Waals surface area contributed by atoms with Crippen molar-refractivity contribution in [1.82, 2.24) is 20.1 Å². The second kappa shape index (κ2) is 8.95. The van der Waals surface area contributed by atoms with E-state index in [0.717, 1.165) is 37.2 Å². The lowest BCUT2D eigenvalue weighted by molar-refractivity contribution is -0.117. The first-order valence-electron chi connectivity index (χ1n) is 8.95. The number of piperidine rings is 1. The van der Waals surface area contributed by atoms with Crippen molar-refractivity contribution in [2.24, 2.45) is 5.92 Å². The van der Waals surface area contributed by atoms with E-state index in [-0.39, 0.29) is 24.2 Å². The molecule has 2 aromatic rings. The summed E-state index contributed by atoms with van der Waals surface area (Å²) in [6, 6.07) is 5.37. The number of aromatic nitrogens is 3. The van der Waals surface area contributed by atoms with E-state index in [2.05, 4.69) is 27.4 Å². The maximum absolute atomic E-state index is 12.6.